The lowest BCUT2D eigenvalue weighted by Gasteiger charge is -2.27. The summed E-state index contributed by atoms with van der Waals surface area (Å²) in [5, 5.41) is 8.53. The normalized spacial score (nSPS) is 18.3. The number of aromatic amines is 1. The molecule has 0 aliphatic carbocycles. The minimum atomic E-state index is -0.363. The molecule has 23 heavy (non-hydrogen) atoms. The van der Waals surface area contributed by atoms with Crippen LogP contribution in [0.4, 0.5) is 4.39 Å². The molecule has 1 aromatic rings. The van der Waals surface area contributed by atoms with E-state index in [0.717, 1.165) is 54.2 Å². The largest absolute Gasteiger partial charge is 0.360 e. The fourth-order valence-corrected chi connectivity index (χ4v) is 2.64. The van der Waals surface area contributed by atoms with Gasteiger partial charge in [-0.2, -0.15) is 5.10 Å². The van der Waals surface area contributed by atoms with Crippen molar-refractivity contribution in [2.45, 2.75) is 26.3 Å². The van der Waals surface area contributed by atoms with Crippen molar-refractivity contribution >= 4 is 18.6 Å². The van der Waals surface area contributed by atoms with Gasteiger partial charge >= 0.3 is 0 Å². The predicted octanol–water partition coefficient (Wildman–Crippen LogP) is 2.53. The highest BCUT2D eigenvalue weighted by Crippen LogP contribution is 2.18. The number of allylic oxidation sites excluding steroid dienone is 5. The molecule has 2 aliphatic heterocycles. The van der Waals surface area contributed by atoms with Crippen LogP contribution >= 0.6 is 0 Å². The highest BCUT2D eigenvalue weighted by Gasteiger charge is 2.26. The molecule has 7 heteroatoms. The molecule has 5 nitrogen and oxygen atoms in total. The van der Waals surface area contributed by atoms with E-state index in [0.29, 0.717) is 0 Å². The summed E-state index contributed by atoms with van der Waals surface area (Å²) < 4.78 is 13.2. The molecular weight excluding hydrogens is 292 g/mol. The first-order chi connectivity index (χ1) is 11.2. The molecule has 0 bridgehead atoms. The summed E-state index contributed by atoms with van der Waals surface area (Å²) >= 11 is 0. The van der Waals surface area contributed by atoms with E-state index in [-0.39, 0.29) is 5.83 Å². The molecule has 0 atom stereocenters. The lowest BCUT2D eigenvalue weighted by Crippen LogP contribution is -2.39. The Kier molecular flexibility index (Phi) is 4.55. The van der Waals surface area contributed by atoms with E-state index in [1.54, 1.807) is 12.4 Å². The SMILES string of the molecule is C=C/C(F)=C\C=C(/CC)C1=NN=C(N2CCc3nc[nH]c3C2)[B]1. The fraction of sp³-hybridized carbons (Fsp3) is 0.312. The van der Waals surface area contributed by atoms with E-state index in [1.165, 1.54) is 12.2 Å². The number of rotatable bonds is 4. The predicted molar refractivity (Wildman–Crippen MR) is 91.1 cm³/mol. The standard InChI is InChI=1S/C16H18BFN5/c1-3-11(5-6-12(18)4-2)15-17-16(22-21-15)23-8-7-13-14(9-23)20-10-19-13/h4-6,10H,2-3,7-9H2,1H3,(H,19,20)/b11-5+,12-6+. The van der Waals surface area contributed by atoms with Crippen LogP contribution in [0.2, 0.25) is 0 Å². The minimum Gasteiger partial charge on any atom is -0.360 e. The van der Waals surface area contributed by atoms with Gasteiger partial charge in [-0.25, -0.2) is 9.37 Å². The van der Waals surface area contributed by atoms with Gasteiger partial charge in [-0.3, -0.25) is 0 Å². The van der Waals surface area contributed by atoms with Crippen molar-refractivity contribution in [1.29, 1.82) is 0 Å². The van der Waals surface area contributed by atoms with E-state index in [9.17, 15) is 4.39 Å². The number of hydrogen-bond acceptors (Lipinski definition) is 4. The average molecular weight is 310 g/mol. The molecule has 0 unspecified atom stereocenters. The number of H-pyrrole nitrogens is 1. The molecule has 3 heterocycles. The molecule has 117 valence electrons. The van der Waals surface area contributed by atoms with Crippen molar-refractivity contribution in [3.8, 4) is 0 Å². The third-order valence-corrected chi connectivity index (χ3v) is 3.97. The molecule has 3 rings (SSSR count). The Bertz CT molecular complexity index is 729. The topological polar surface area (TPSA) is 56.6 Å². The molecule has 0 spiro atoms. The van der Waals surface area contributed by atoms with E-state index in [4.69, 9.17) is 0 Å². The molecular formula is C16H18BFN5. The van der Waals surface area contributed by atoms with Gasteiger partial charge < -0.3 is 9.88 Å². The zero-order chi connectivity index (χ0) is 16.2. The Morgan fingerprint density at radius 3 is 3.13 bits per heavy atom. The van der Waals surface area contributed by atoms with Crippen LogP contribution in [-0.2, 0) is 13.0 Å². The summed E-state index contributed by atoms with van der Waals surface area (Å²) in [6.07, 6.45) is 7.69. The van der Waals surface area contributed by atoms with Gasteiger partial charge in [-0.1, -0.05) is 19.6 Å². The smallest absolute Gasteiger partial charge is 0.271 e. The molecule has 1 radical (unpaired) electrons. The van der Waals surface area contributed by atoms with E-state index >= 15 is 0 Å². The first-order valence-corrected chi connectivity index (χ1v) is 7.67. The number of fused-ring (bicyclic) bond motifs is 1. The first kappa shape index (κ1) is 15.5. The molecule has 0 fully saturated rings. The number of halogens is 1. The summed E-state index contributed by atoms with van der Waals surface area (Å²) in [6.45, 7) is 7.03. The summed E-state index contributed by atoms with van der Waals surface area (Å²) in [5.41, 5.74) is 4.82. The van der Waals surface area contributed by atoms with Crippen LogP contribution in [0.15, 0.2) is 52.7 Å². The zero-order valence-corrected chi connectivity index (χ0v) is 13.1. The molecule has 0 amide bonds. The summed E-state index contributed by atoms with van der Waals surface area (Å²) in [5.74, 6) is -0.363. The fourth-order valence-electron chi connectivity index (χ4n) is 2.64. The minimum absolute atomic E-state index is 0.363. The average Bonchev–Trinajstić information content (AvgIpc) is 3.23. The molecule has 1 N–H and O–H groups in total. The van der Waals surface area contributed by atoms with Crippen molar-refractivity contribution in [1.82, 2.24) is 14.9 Å². The Balaban J connectivity index is 1.66. The van der Waals surface area contributed by atoms with Gasteiger partial charge in [0.2, 0.25) is 0 Å². The number of hydrogen-bond donors (Lipinski definition) is 1. The third kappa shape index (κ3) is 3.33. The maximum absolute atomic E-state index is 13.2. The Labute approximate surface area is 135 Å². The number of imidazole rings is 1. The van der Waals surface area contributed by atoms with Crippen LogP contribution in [0.1, 0.15) is 24.7 Å². The lowest BCUT2D eigenvalue weighted by molar-refractivity contribution is 0.392. The van der Waals surface area contributed by atoms with E-state index in [2.05, 4.69) is 31.6 Å². The second-order valence-corrected chi connectivity index (χ2v) is 5.39. The number of nitrogens with one attached hydrogen (secondary N) is 1. The molecule has 0 aromatic carbocycles. The molecule has 2 aliphatic rings. The monoisotopic (exact) mass is 310 g/mol. The summed E-state index contributed by atoms with van der Waals surface area (Å²) in [6, 6.07) is 0. The van der Waals surface area contributed by atoms with Gasteiger partial charge in [0, 0.05) is 18.6 Å². The van der Waals surface area contributed by atoms with Crippen molar-refractivity contribution in [3.63, 3.8) is 0 Å². The van der Waals surface area contributed by atoms with Gasteiger partial charge in [0.1, 0.15) is 5.83 Å². The number of aromatic nitrogens is 2. The van der Waals surface area contributed by atoms with Gasteiger partial charge in [0.25, 0.3) is 7.28 Å². The maximum atomic E-state index is 13.2. The van der Waals surface area contributed by atoms with Crippen LogP contribution in [0.3, 0.4) is 0 Å². The molecule has 1 aromatic heterocycles. The highest BCUT2D eigenvalue weighted by atomic mass is 19.1. The quantitative estimate of drug-likeness (QED) is 0.686. The summed E-state index contributed by atoms with van der Waals surface area (Å²) in [4.78, 5) is 9.64. The second-order valence-electron chi connectivity index (χ2n) is 5.39. The van der Waals surface area contributed by atoms with Crippen LogP contribution in [0, 0.1) is 0 Å². The van der Waals surface area contributed by atoms with E-state index in [1.807, 2.05) is 14.2 Å². The van der Waals surface area contributed by atoms with Crippen LogP contribution < -0.4 is 0 Å². The Morgan fingerprint density at radius 2 is 2.35 bits per heavy atom. The van der Waals surface area contributed by atoms with Gasteiger partial charge in [-0.05, 0) is 24.1 Å². The maximum Gasteiger partial charge on any atom is 0.271 e. The lowest BCUT2D eigenvalue weighted by atomic mass is 9.67. The van der Waals surface area contributed by atoms with Crippen molar-refractivity contribution in [3.05, 3.63) is 53.9 Å². The van der Waals surface area contributed by atoms with E-state index < -0.39 is 0 Å². The van der Waals surface area contributed by atoms with Gasteiger partial charge in [0.05, 0.1) is 30.0 Å². The zero-order valence-electron chi connectivity index (χ0n) is 13.1. The molecule has 0 saturated heterocycles. The first-order valence-electron chi connectivity index (χ1n) is 7.67. The Hall–Kier alpha value is -2.44. The van der Waals surface area contributed by atoms with Crippen LogP contribution in [0.25, 0.3) is 0 Å². The second kappa shape index (κ2) is 6.77. The molecule has 0 saturated carbocycles. The Morgan fingerprint density at radius 1 is 1.48 bits per heavy atom. The van der Waals surface area contributed by atoms with Crippen molar-refractivity contribution in [2.75, 3.05) is 6.54 Å². The highest BCUT2D eigenvalue weighted by molar-refractivity contribution is 7.01. The van der Waals surface area contributed by atoms with Crippen molar-refractivity contribution < 1.29 is 4.39 Å². The third-order valence-electron chi connectivity index (χ3n) is 3.97. The summed E-state index contributed by atoms with van der Waals surface area (Å²) in [7, 11) is 1.95. The van der Waals surface area contributed by atoms with Gasteiger partial charge in [0.15, 0.2) is 0 Å². The number of nitrogens with zero attached hydrogens (tertiary/aromatic N) is 4. The van der Waals surface area contributed by atoms with Crippen molar-refractivity contribution in [2.24, 2.45) is 10.2 Å². The van der Waals surface area contributed by atoms with Crippen LogP contribution in [-0.4, -0.2) is 40.0 Å². The van der Waals surface area contributed by atoms with Crippen LogP contribution in [0.5, 0.6) is 0 Å². The van der Waals surface area contributed by atoms with Gasteiger partial charge in [-0.15, -0.1) is 5.10 Å². The number of amidine groups is 1.